The Morgan fingerprint density at radius 3 is 2.24 bits per heavy atom. The molecule has 1 aliphatic rings. The summed E-state index contributed by atoms with van der Waals surface area (Å²) in [7, 11) is 1.35. The van der Waals surface area contributed by atoms with E-state index in [4.69, 9.17) is 15.2 Å². The van der Waals surface area contributed by atoms with Gasteiger partial charge in [0, 0.05) is 39.3 Å². The summed E-state index contributed by atoms with van der Waals surface area (Å²) in [4.78, 5) is 41.6. The maximum Gasteiger partial charge on any atom is 0.432 e. The number of halogens is 6. The molecule has 2 N–H and O–H groups in total. The van der Waals surface area contributed by atoms with E-state index in [0.29, 0.717) is 25.5 Å². The van der Waals surface area contributed by atoms with Crippen molar-refractivity contribution in [1.29, 1.82) is 0 Å². The zero-order chi connectivity index (χ0) is 32.2. The highest BCUT2D eigenvalue weighted by Gasteiger charge is 2.44. The maximum absolute atomic E-state index is 14.3. The summed E-state index contributed by atoms with van der Waals surface area (Å²) in [5.41, 5.74) is 2.11. The van der Waals surface area contributed by atoms with Gasteiger partial charge in [-0.3, -0.25) is 9.59 Å². The summed E-state index contributed by atoms with van der Waals surface area (Å²) < 4.78 is 93.1. The molecule has 42 heavy (non-hydrogen) atoms. The lowest BCUT2D eigenvalue weighted by molar-refractivity contribution is -0.190. The number of hydrogen-bond donors (Lipinski definition) is 1. The number of alkyl halides is 6. The molecular weight excluding hydrogens is 574 g/mol. The number of nitrogens with two attached hydrogens (primary N) is 1. The van der Waals surface area contributed by atoms with Crippen molar-refractivity contribution in [3.05, 3.63) is 23.3 Å². The fourth-order valence-corrected chi connectivity index (χ4v) is 4.63. The summed E-state index contributed by atoms with van der Waals surface area (Å²) in [6.07, 6.45) is -13.8. The molecule has 1 aliphatic heterocycles. The number of carbonyl (C=O) groups is 3. The lowest BCUT2D eigenvalue weighted by Gasteiger charge is -2.42. The Kier molecular flexibility index (Phi) is 11.1. The van der Waals surface area contributed by atoms with Crippen LogP contribution in [0, 0.1) is 0 Å². The van der Waals surface area contributed by atoms with Crippen LogP contribution in [0.2, 0.25) is 0 Å². The topological polar surface area (TPSA) is 105 Å². The quantitative estimate of drug-likeness (QED) is 0.314. The van der Waals surface area contributed by atoms with Crippen LogP contribution < -0.4 is 15.4 Å². The van der Waals surface area contributed by atoms with Crippen molar-refractivity contribution < 1.29 is 50.2 Å². The number of rotatable bonds is 9. The monoisotopic (exact) mass is 612 g/mol. The van der Waals surface area contributed by atoms with Crippen LogP contribution in [-0.4, -0.2) is 91.3 Å². The molecule has 0 saturated carbocycles. The van der Waals surface area contributed by atoms with Crippen molar-refractivity contribution in [3.63, 3.8) is 0 Å². The minimum absolute atomic E-state index is 0.00785. The van der Waals surface area contributed by atoms with Gasteiger partial charge < -0.3 is 29.9 Å². The molecule has 1 saturated heterocycles. The van der Waals surface area contributed by atoms with E-state index in [1.54, 1.807) is 34.6 Å². The molecule has 238 valence electrons. The van der Waals surface area contributed by atoms with E-state index in [-0.39, 0.29) is 25.3 Å². The first-order valence-electron chi connectivity index (χ1n) is 13.4. The third kappa shape index (κ3) is 8.88. The van der Waals surface area contributed by atoms with Crippen LogP contribution in [0.3, 0.4) is 0 Å². The second-order valence-electron chi connectivity index (χ2n) is 11.3. The largest absolute Gasteiger partial charge is 0.471 e. The van der Waals surface area contributed by atoms with Gasteiger partial charge in [0.1, 0.15) is 11.4 Å². The van der Waals surface area contributed by atoms with Gasteiger partial charge in [-0.15, -0.1) is 0 Å². The number of benzene rings is 1. The number of ether oxygens (including phenoxy) is 2. The van der Waals surface area contributed by atoms with Gasteiger partial charge in [-0.1, -0.05) is 0 Å². The smallest absolute Gasteiger partial charge is 0.432 e. The van der Waals surface area contributed by atoms with Crippen LogP contribution in [0.25, 0.3) is 0 Å². The standard InChI is InChI=1S/C27H38F6N4O5/c1-16(2)37(17-8-7-10-36(14-17)24(40)42-25(3,4)5)23(39)18-12-20(35(6)11-9-34)21(13-19(18)26(28,29)30)41-22(15-38)27(31,32)33/h12-13,15-17,22H,7-11,14,34H2,1-6H3. The molecule has 0 radical (unpaired) electrons. The molecule has 0 aliphatic carbocycles. The summed E-state index contributed by atoms with van der Waals surface area (Å²) in [5.74, 6) is -1.93. The summed E-state index contributed by atoms with van der Waals surface area (Å²) in [6.45, 7) is 8.56. The van der Waals surface area contributed by atoms with Crippen LogP contribution in [-0.2, 0) is 15.7 Å². The highest BCUT2D eigenvalue weighted by atomic mass is 19.4. The second kappa shape index (κ2) is 13.4. The number of anilines is 1. The summed E-state index contributed by atoms with van der Waals surface area (Å²) >= 11 is 0. The van der Waals surface area contributed by atoms with Crippen LogP contribution in [0.15, 0.2) is 12.1 Å². The lowest BCUT2D eigenvalue weighted by atomic mass is 9.98. The first-order chi connectivity index (χ1) is 19.2. The number of piperidine rings is 1. The molecule has 2 amide bonds. The molecular formula is C27H38F6N4O5. The number of carbonyl (C=O) groups excluding carboxylic acids is 3. The molecule has 1 aromatic rings. The molecule has 0 bridgehead atoms. The fraction of sp³-hybridized carbons (Fsp3) is 0.667. The van der Waals surface area contributed by atoms with Gasteiger partial charge in [0.05, 0.1) is 22.9 Å². The highest BCUT2D eigenvalue weighted by Crippen LogP contribution is 2.41. The molecule has 0 spiro atoms. The van der Waals surface area contributed by atoms with Gasteiger partial charge in [-0.05, 0) is 59.6 Å². The molecule has 9 nitrogen and oxygen atoms in total. The van der Waals surface area contributed by atoms with Crippen molar-refractivity contribution in [2.24, 2.45) is 5.73 Å². The third-order valence-electron chi connectivity index (χ3n) is 6.44. The van der Waals surface area contributed by atoms with Crippen LogP contribution in [0.5, 0.6) is 5.75 Å². The zero-order valence-corrected chi connectivity index (χ0v) is 24.4. The first-order valence-corrected chi connectivity index (χ1v) is 13.4. The third-order valence-corrected chi connectivity index (χ3v) is 6.44. The van der Waals surface area contributed by atoms with Gasteiger partial charge in [0.15, 0.2) is 6.29 Å². The first kappa shape index (κ1) is 35.0. The van der Waals surface area contributed by atoms with Crippen LogP contribution in [0.4, 0.5) is 36.8 Å². The second-order valence-corrected chi connectivity index (χ2v) is 11.3. The van der Waals surface area contributed by atoms with E-state index in [9.17, 15) is 40.7 Å². The van der Waals surface area contributed by atoms with E-state index < -0.39 is 71.3 Å². The minimum Gasteiger partial charge on any atom is -0.471 e. The number of likely N-dealkylation sites (N-methyl/N-ethyl adjacent to an activating group) is 1. The highest BCUT2D eigenvalue weighted by molar-refractivity contribution is 5.98. The average Bonchev–Trinajstić information content (AvgIpc) is 2.84. The maximum atomic E-state index is 14.3. The fourth-order valence-electron chi connectivity index (χ4n) is 4.63. The zero-order valence-electron chi connectivity index (χ0n) is 24.4. The normalized spacial score (nSPS) is 17.1. The molecule has 2 unspecified atom stereocenters. The van der Waals surface area contributed by atoms with Crippen molar-refractivity contribution in [3.8, 4) is 5.75 Å². The van der Waals surface area contributed by atoms with E-state index in [1.165, 1.54) is 21.7 Å². The molecule has 2 rings (SSSR count). The van der Waals surface area contributed by atoms with Crippen molar-refractivity contribution in [1.82, 2.24) is 9.80 Å². The van der Waals surface area contributed by atoms with Crippen LogP contribution in [0.1, 0.15) is 63.4 Å². The Balaban J connectivity index is 2.64. The number of hydrogen-bond acceptors (Lipinski definition) is 7. The van der Waals surface area contributed by atoms with Crippen LogP contribution >= 0.6 is 0 Å². The van der Waals surface area contributed by atoms with Gasteiger partial charge >= 0.3 is 18.4 Å². The molecule has 1 aromatic carbocycles. The molecule has 0 aromatic heterocycles. The molecule has 1 heterocycles. The molecule has 2 atom stereocenters. The van der Waals surface area contributed by atoms with Gasteiger partial charge in [-0.25, -0.2) is 4.79 Å². The number of amides is 2. The minimum atomic E-state index is -5.20. The Hall–Kier alpha value is -3.23. The summed E-state index contributed by atoms with van der Waals surface area (Å²) in [6, 6.07) is -0.193. The predicted molar refractivity (Wildman–Crippen MR) is 142 cm³/mol. The number of aldehydes is 1. The number of nitrogens with zero attached hydrogens (tertiary/aromatic N) is 3. The van der Waals surface area contributed by atoms with Gasteiger partial charge in [0.2, 0.25) is 6.10 Å². The predicted octanol–water partition coefficient (Wildman–Crippen LogP) is 4.86. The number of likely N-dealkylation sites (tertiary alicyclic amines) is 1. The van der Waals surface area contributed by atoms with E-state index in [0.717, 1.165) is 6.07 Å². The Morgan fingerprint density at radius 1 is 1.14 bits per heavy atom. The Morgan fingerprint density at radius 2 is 1.76 bits per heavy atom. The van der Waals surface area contributed by atoms with Crippen molar-refractivity contribution >= 4 is 24.0 Å². The van der Waals surface area contributed by atoms with Gasteiger partial charge in [0.25, 0.3) is 5.91 Å². The molecule has 15 heteroatoms. The summed E-state index contributed by atoms with van der Waals surface area (Å²) in [5, 5.41) is 0. The lowest BCUT2D eigenvalue weighted by Crippen LogP contribution is -2.54. The SMILES string of the molecule is CC(C)N(C(=O)c1cc(N(C)CCN)c(OC(C=O)C(F)(F)F)cc1C(F)(F)F)C1CCCN(C(=O)OC(C)(C)C)C1. The van der Waals surface area contributed by atoms with Crippen molar-refractivity contribution in [2.75, 3.05) is 38.1 Å². The van der Waals surface area contributed by atoms with E-state index >= 15 is 0 Å². The Labute approximate surface area is 240 Å². The van der Waals surface area contributed by atoms with E-state index in [1.807, 2.05) is 0 Å². The average molecular weight is 613 g/mol. The van der Waals surface area contributed by atoms with Gasteiger partial charge in [-0.2, -0.15) is 26.3 Å². The Bertz CT molecular complexity index is 1120. The van der Waals surface area contributed by atoms with E-state index in [2.05, 4.69) is 0 Å². The molecule has 1 fully saturated rings. The van der Waals surface area contributed by atoms with Crippen molar-refractivity contribution in [2.45, 2.75) is 83.6 Å².